The van der Waals surface area contributed by atoms with Crippen LogP contribution >= 0.6 is 0 Å². The number of aryl methyl sites for hydroxylation is 1. The number of nitrogens with one attached hydrogen (secondary N) is 1. The normalized spacial score (nSPS) is 20.8. The molecule has 1 aromatic carbocycles. The summed E-state index contributed by atoms with van der Waals surface area (Å²) < 4.78 is 21.7. The maximum atomic E-state index is 12.8. The van der Waals surface area contributed by atoms with Crippen LogP contribution < -0.4 is 10.1 Å². The van der Waals surface area contributed by atoms with E-state index in [-0.39, 0.29) is 12.6 Å². The molecule has 1 saturated carbocycles. The zero-order valence-electron chi connectivity index (χ0n) is 17.4. The number of hydrogen-bond acceptors (Lipinski definition) is 7. The fraction of sp³-hybridized carbons (Fsp3) is 0.429. The van der Waals surface area contributed by atoms with E-state index < -0.39 is 12.3 Å². The topological polar surface area (TPSA) is 102 Å². The summed E-state index contributed by atoms with van der Waals surface area (Å²) in [4.78, 5) is 4.55. The van der Waals surface area contributed by atoms with Gasteiger partial charge in [0.1, 0.15) is 17.7 Å². The highest BCUT2D eigenvalue weighted by Crippen LogP contribution is 2.37. The maximum absolute atomic E-state index is 12.8. The number of anilines is 1. The third-order valence-corrected chi connectivity index (χ3v) is 6.04. The Kier molecular flexibility index (Phi) is 4.73. The lowest BCUT2D eigenvalue weighted by atomic mass is 9.74. The Hall–Kier alpha value is -3.27. The molecule has 2 N–H and O–H groups in total. The van der Waals surface area contributed by atoms with Gasteiger partial charge in [-0.25, -0.2) is 13.6 Å². The molecule has 0 amide bonds. The van der Waals surface area contributed by atoms with Crippen LogP contribution in [0.5, 0.6) is 5.88 Å². The van der Waals surface area contributed by atoms with Crippen LogP contribution in [0, 0.1) is 0 Å². The van der Waals surface area contributed by atoms with Gasteiger partial charge in [0.25, 0.3) is 0 Å². The zero-order chi connectivity index (χ0) is 21.6. The van der Waals surface area contributed by atoms with E-state index in [9.17, 15) is 9.50 Å². The summed E-state index contributed by atoms with van der Waals surface area (Å²) in [6, 6.07) is 7.82. The van der Waals surface area contributed by atoms with Crippen molar-refractivity contribution in [2.75, 3.05) is 19.1 Å². The van der Waals surface area contributed by atoms with Crippen molar-refractivity contribution in [3.8, 4) is 17.0 Å². The van der Waals surface area contributed by atoms with E-state index in [1.165, 1.54) is 0 Å². The molecule has 0 saturated heterocycles. The van der Waals surface area contributed by atoms with Crippen LogP contribution in [0.15, 0.2) is 30.5 Å². The van der Waals surface area contributed by atoms with E-state index in [0.717, 1.165) is 28.6 Å². The average molecular weight is 425 g/mol. The predicted octanol–water partition coefficient (Wildman–Crippen LogP) is 2.83. The van der Waals surface area contributed by atoms with Crippen molar-refractivity contribution in [1.82, 2.24) is 29.6 Å². The van der Waals surface area contributed by atoms with Gasteiger partial charge in [-0.2, -0.15) is 4.98 Å². The van der Waals surface area contributed by atoms with Gasteiger partial charge >= 0.3 is 0 Å². The molecule has 0 unspecified atom stereocenters. The van der Waals surface area contributed by atoms with Gasteiger partial charge < -0.3 is 15.2 Å². The highest BCUT2D eigenvalue weighted by molar-refractivity contribution is 5.89. The SMILES string of the molecule is CCC1(O)CC(Nc2nc(OC)c3c(-c4ccc5nnn(CCF)c5c4)ccn3n2)C1. The fourth-order valence-electron chi connectivity index (χ4n) is 4.24. The lowest BCUT2D eigenvalue weighted by molar-refractivity contribution is -0.0442. The molecule has 3 aromatic heterocycles. The Bertz CT molecular complexity index is 1250. The third kappa shape index (κ3) is 3.36. The van der Waals surface area contributed by atoms with Gasteiger partial charge in [-0.05, 0) is 43.0 Å². The largest absolute Gasteiger partial charge is 0.479 e. The summed E-state index contributed by atoms with van der Waals surface area (Å²) in [5, 5.41) is 26.2. The molecule has 0 atom stereocenters. The molecule has 0 bridgehead atoms. The molecule has 3 heterocycles. The van der Waals surface area contributed by atoms with Crippen molar-refractivity contribution >= 4 is 22.5 Å². The van der Waals surface area contributed by atoms with Gasteiger partial charge in [-0.15, -0.1) is 10.2 Å². The number of hydrogen-bond donors (Lipinski definition) is 2. The number of alkyl halides is 1. The summed E-state index contributed by atoms with van der Waals surface area (Å²) >= 11 is 0. The minimum absolute atomic E-state index is 0.132. The Balaban J connectivity index is 1.51. The Morgan fingerprint density at radius 2 is 2.16 bits per heavy atom. The predicted molar refractivity (Wildman–Crippen MR) is 114 cm³/mol. The lowest BCUT2D eigenvalue weighted by Crippen LogP contribution is -2.50. The molecule has 1 aliphatic carbocycles. The number of halogens is 1. The van der Waals surface area contributed by atoms with Crippen molar-refractivity contribution in [2.45, 2.75) is 44.4 Å². The first kappa shape index (κ1) is 19.7. The molecule has 31 heavy (non-hydrogen) atoms. The van der Waals surface area contributed by atoms with E-state index in [1.54, 1.807) is 16.3 Å². The van der Waals surface area contributed by atoms with Crippen LogP contribution in [0.3, 0.4) is 0 Å². The van der Waals surface area contributed by atoms with Crippen LogP contribution in [0.1, 0.15) is 26.2 Å². The third-order valence-electron chi connectivity index (χ3n) is 6.04. The van der Waals surface area contributed by atoms with Crippen LogP contribution in [0.25, 0.3) is 27.7 Å². The first-order valence-electron chi connectivity index (χ1n) is 10.4. The molecule has 0 aliphatic heterocycles. The molecule has 1 fully saturated rings. The minimum Gasteiger partial charge on any atom is -0.479 e. The number of nitrogens with zero attached hydrogens (tertiary/aromatic N) is 6. The van der Waals surface area contributed by atoms with Gasteiger partial charge in [0.15, 0.2) is 0 Å². The number of fused-ring (bicyclic) bond motifs is 2. The molecule has 10 heteroatoms. The number of aliphatic hydroxyl groups is 1. The van der Waals surface area contributed by atoms with Crippen LogP contribution in [0.4, 0.5) is 10.3 Å². The first-order chi connectivity index (χ1) is 15.0. The van der Waals surface area contributed by atoms with Crippen LogP contribution in [0.2, 0.25) is 0 Å². The standard InChI is InChI=1S/C21H24FN7O2/c1-3-21(30)11-14(12-21)23-20-24-19(31-2)18-15(6-8-29(18)26-20)13-4-5-16-17(10-13)28(9-7-22)27-25-16/h4-6,8,10,14,30H,3,7,9,11-12H2,1-2H3,(H,23,26). The Morgan fingerprint density at radius 3 is 2.90 bits per heavy atom. The van der Waals surface area contributed by atoms with E-state index >= 15 is 0 Å². The van der Waals surface area contributed by atoms with Crippen molar-refractivity contribution in [3.05, 3.63) is 30.5 Å². The molecule has 162 valence electrons. The van der Waals surface area contributed by atoms with Crippen molar-refractivity contribution < 1.29 is 14.2 Å². The maximum Gasteiger partial charge on any atom is 0.244 e. The van der Waals surface area contributed by atoms with Crippen molar-refractivity contribution in [3.63, 3.8) is 0 Å². The molecule has 0 radical (unpaired) electrons. The van der Waals surface area contributed by atoms with Gasteiger partial charge in [0.2, 0.25) is 11.8 Å². The molecular formula is C21H24FN7O2. The smallest absolute Gasteiger partial charge is 0.244 e. The van der Waals surface area contributed by atoms with E-state index in [2.05, 4.69) is 25.7 Å². The second-order valence-corrected chi connectivity index (χ2v) is 8.00. The van der Waals surface area contributed by atoms with Crippen LogP contribution in [-0.2, 0) is 6.54 Å². The van der Waals surface area contributed by atoms with Gasteiger partial charge in [-0.3, -0.25) is 0 Å². The summed E-state index contributed by atoms with van der Waals surface area (Å²) in [7, 11) is 1.57. The second kappa shape index (κ2) is 7.45. The summed E-state index contributed by atoms with van der Waals surface area (Å²) in [5.41, 5.74) is 3.42. The number of benzene rings is 1. The Labute approximate surface area is 177 Å². The molecule has 5 rings (SSSR count). The highest BCUT2D eigenvalue weighted by atomic mass is 19.1. The molecule has 1 aliphatic rings. The number of ether oxygens (including phenoxy) is 1. The summed E-state index contributed by atoms with van der Waals surface area (Å²) in [6.45, 7) is 1.64. The molecule has 0 spiro atoms. The highest BCUT2D eigenvalue weighted by Gasteiger charge is 2.41. The van der Waals surface area contributed by atoms with E-state index in [1.807, 2.05) is 37.4 Å². The molecule has 4 aromatic rings. The van der Waals surface area contributed by atoms with Crippen molar-refractivity contribution in [2.24, 2.45) is 0 Å². The van der Waals surface area contributed by atoms with Gasteiger partial charge in [0, 0.05) is 17.8 Å². The quantitative estimate of drug-likeness (QED) is 0.469. The summed E-state index contributed by atoms with van der Waals surface area (Å²) in [6.07, 6.45) is 3.93. The van der Waals surface area contributed by atoms with E-state index in [0.29, 0.717) is 30.2 Å². The van der Waals surface area contributed by atoms with Crippen molar-refractivity contribution in [1.29, 1.82) is 0 Å². The minimum atomic E-state index is -0.589. The first-order valence-corrected chi connectivity index (χ1v) is 10.4. The molecule has 9 nitrogen and oxygen atoms in total. The molecular weight excluding hydrogens is 401 g/mol. The monoisotopic (exact) mass is 425 g/mol. The Morgan fingerprint density at radius 1 is 1.32 bits per heavy atom. The second-order valence-electron chi connectivity index (χ2n) is 8.00. The van der Waals surface area contributed by atoms with Gasteiger partial charge in [-0.1, -0.05) is 18.2 Å². The number of aromatic nitrogens is 6. The number of rotatable bonds is 7. The fourth-order valence-corrected chi connectivity index (χ4v) is 4.24. The van der Waals surface area contributed by atoms with Gasteiger partial charge in [0.05, 0.1) is 24.8 Å². The lowest BCUT2D eigenvalue weighted by Gasteiger charge is -2.43. The number of methoxy groups -OCH3 is 1. The van der Waals surface area contributed by atoms with Crippen LogP contribution in [-0.4, -0.2) is 60.1 Å². The summed E-state index contributed by atoms with van der Waals surface area (Å²) in [5.74, 6) is 0.897. The zero-order valence-corrected chi connectivity index (χ0v) is 17.4. The average Bonchev–Trinajstić information content (AvgIpc) is 3.36. The van der Waals surface area contributed by atoms with E-state index in [4.69, 9.17) is 4.74 Å².